The fourth-order valence-electron chi connectivity index (χ4n) is 6.66. The Kier molecular flexibility index (Phi) is 42.2. The molecule has 2 N–H and O–H groups in total. The maximum Gasteiger partial charge on any atom is 0.219 e. The van der Waals surface area contributed by atoms with Gasteiger partial charge in [-0.1, -0.05) is 179 Å². The fraction of sp³-hybridized carbons (Fsp3) is 0.870. The molecule has 0 rings (SSSR count). The molecule has 0 bridgehead atoms. The molecule has 0 saturated carbocycles. The highest BCUT2D eigenvalue weighted by atomic mass is 16.2. The maximum atomic E-state index is 12.1. The van der Waals surface area contributed by atoms with E-state index in [0.717, 1.165) is 38.8 Å². The first-order valence-corrected chi connectivity index (χ1v) is 22.5. The zero-order valence-corrected chi connectivity index (χ0v) is 34.0. The number of carbonyl (C=O) groups excluding carboxylic acids is 2. The summed E-state index contributed by atoms with van der Waals surface area (Å²) in [6.07, 6.45) is 54.2. The van der Waals surface area contributed by atoms with E-state index in [9.17, 15) is 9.59 Å². The molecule has 0 aromatic rings. The third kappa shape index (κ3) is 42.6. The molecule has 50 heavy (non-hydrogen) atoms. The molecule has 0 saturated heterocycles. The number of unbranched alkanes of at least 4 members (excludes halogenated alkanes) is 29. The molecule has 0 unspecified atom stereocenters. The second-order valence-electron chi connectivity index (χ2n) is 15.2. The van der Waals surface area contributed by atoms with Crippen molar-refractivity contribution in [2.24, 2.45) is 0 Å². The Morgan fingerprint density at radius 2 is 0.560 bits per heavy atom. The van der Waals surface area contributed by atoms with Gasteiger partial charge in [0.1, 0.15) is 0 Å². The number of nitrogens with one attached hydrogen (secondary N) is 2. The highest BCUT2D eigenvalue weighted by Crippen LogP contribution is 2.12. The van der Waals surface area contributed by atoms with Crippen molar-refractivity contribution in [3.05, 3.63) is 24.3 Å². The standard InChI is InChI=1S/C46H88N2O2/c1-3-5-7-9-11-13-15-17-19-21-23-25-29-33-37-41-45(49)47-43-39-35-31-27-28-32-36-40-44-48-46(50)42-38-34-30-26-24-22-20-18-16-14-12-10-8-6-4-2/h17-20H,3-16,21-44H2,1-2H3,(H,47,49)(H,48,50)/b19-17-,20-18-. The van der Waals surface area contributed by atoms with E-state index in [1.54, 1.807) is 0 Å². The van der Waals surface area contributed by atoms with Crippen molar-refractivity contribution < 1.29 is 9.59 Å². The molecule has 4 heteroatoms. The zero-order chi connectivity index (χ0) is 36.3. The smallest absolute Gasteiger partial charge is 0.219 e. The molecule has 0 aliphatic heterocycles. The molecular weight excluding hydrogens is 613 g/mol. The number of allylic oxidation sites excluding steroid dienone is 4. The van der Waals surface area contributed by atoms with Gasteiger partial charge in [-0.3, -0.25) is 9.59 Å². The van der Waals surface area contributed by atoms with E-state index in [4.69, 9.17) is 0 Å². The summed E-state index contributed by atoms with van der Waals surface area (Å²) in [6, 6.07) is 0. The summed E-state index contributed by atoms with van der Waals surface area (Å²) < 4.78 is 0. The summed E-state index contributed by atoms with van der Waals surface area (Å²) in [5, 5.41) is 6.24. The van der Waals surface area contributed by atoms with Crippen molar-refractivity contribution in [3.63, 3.8) is 0 Å². The van der Waals surface area contributed by atoms with Gasteiger partial charge in [-0.05, 0) is 77.0 Å². The lowest BCUT2D eigenvalue weighted by Gasteiger charge is -2.06. The van der Waals surface area contributed by atoms with Crippen LogP contribution in [0.5, 0.6) is 0 Å². The van der Waals surface area contributed by atoms with Crippen LogP contribution in [0.15, 0.2) is 24.3 Å². The van der Waals surface area contributed by atoms with Gasteiger partial charge in [0.15, 0.2) is 0 Å². The number of hydrogen-bond donors (Lipinski definition) is 2. The zero-order valence-electron chi connectivity index (χ0n) is 34.0. The third-order valence-corrected chi connectivity index (χ3v) is 10.1. The van der Waals surface area contributed by atoms with Gasteiger partial charge < -0.3 is 10.6 Å². The largest absolute Gasteiger partial charge is 0.356 e. The Balaban J connectivity index is 3.28. The molecule has 4 nitrogen and oxygen atoms in total. The van der Waals surface area contributed by atoms with E-state index in [0.29, 0.717) is 12.8 Å². The van der Waals surface area contributed by atoms with E-state index in [1.165, 1.54) is 193 Å². The minimum Gasteiger partial charge on any atom is -0.356 e. The van der Waals surface area contributed by atoms with Gasteiger partial charge in [-0.2, -0.15) is 0 Å². The first kappa shape index (κ1) is 48.4. The van der Waals surface area contributed by atoms with Crippen LogP contribution in [0.3, 0.4) is 0 Å². The van der Waals surface area contributed by atoms with Gasteiger partial charge in [-0.25, -0.2) is 0 Å². The second kappa shape index (κ2) is 43.6. The lowest BCUT2D eigenvalue weighted by atomic mass is 10.1. The van der Waals surface area contributed by atoms with Crippen LogP contribution in [0.4, 0.5) is 0 Å². The van der Waals surface area contributed by atoms with Gasteiger partial charge >= 0.3 is 0 Å². The highest BCUT2D eigenvalue weighted by Gasteiger charge is 2.02. The van der Waals surface area contributed by atoms with Crippen LogP contribution >= 0.6 is 0 Å². The van der Waals surface area contributed by atoms with E-state index >= 15 is 0 Å². The summed E-state index contributed by atoms with van der Waals surface area (Å²) in [5.41, 5.74) is 0. The molecular formula is C46H88N2O2. The van der Waals surface area contributed by atoms with Crippen molar-refractivity contribution in [2.75, 3.05) is 13.1 Å². The van der Waals surface area contributed by atoms with Gasteiger partial charge in [0, 0.05) is 25.9 Å². The molecule has 0 fully saturated rings. The minimum atomic E-state index is 0.238. The average molecular weight is 701 g/mol. The molecule has 2 amide bonds. The Morgan fingerprint density at radius 3 is 0.860 bits per heavy atom. The number of rotatable bonds is 41. The van der Waals surface area contributed by atoms with Gasteiger partial charge in [0.2, 0.25) is 11.8 Å². The quantitative estimate of drug-likeness (QED) is 0.0493. The minimum absolute atomic E-state index is 0.238. The van der Waals surface area contributed by atoms with Crippen molar-refractivity contribution in [2.45, 2.75) is 245 Å². The van der Waals surface area contributed by atoms with E-state index in [-0.39, 0.29) is 11.8 Å². The van der Waals surface area contributed by atoms with E-state index < -0.39 is 0 Å². The molecule has 0 aromatic heterocycles. The molecule has 0 heterocycles. The Hall–Kier alpha value is -1.58. The molecule has 0 aliphatic rings. The predicted molar refractivity (Wildman–Crippen MR) is 222 cm³/mol. The monoisotopic (exact) mass is 701 g/mol. The molecule has 0 radical (unpaired) electrons. The molecule has 0 spiro atoms. The van der Waals surface area contributed by atoms with Crippen LogP contribution in [0.2, 0.25) is 0 Å². The topological polar surface area (TPSA) is 58.2 Å². The predicted octanol–water partition coefficient (Wildman–Crippen LogP) is 14.4. The van der Waals surface area contributed by atoms with Crippen molar-refractivity contribution >= 4 is 11.8 Å². The lowest BCUT2D eigenvalue weighted by Crippen LogP contribution is -2.24. The van der Waals surface area contributed by atoms with Crippen LogP contribution < -0.4 is 10.6 Å². The maximum absolute atomic E-state index is 12.1. The second-order valence-corrected chi connectivity index (χ2v) is 15.2. The van der Waals surface area contributed by atoms with Crippen LogP contribution in [-0.2, 0) is 9.59 Å². The van der Waals surface area contributed by atoms with Crippen molar-refractivity contribution in [1.82, 2.24) is 10.6 Å². The summed E-state index contributed by atoms with van der Waals surface area (Å²) in [4.78, 5) is 24.2. The summed E-state index contributed by atoms with van der Waals surface area (Å²) in [7, 11) is 0. The van der Waals surface area contributed by atoms with Crippen LogP contribution in [0.25, 0.3) is 0 Å². The summed E-state index contributed by atoms with van der Waals surface area (Å²) in [5.74, 6) is 0.477. The van der Waals surface area contributed by atoms with Gasteiger partial charge in [-0.15, -0.1) is 0 Å². The van der Waals surface area contributed by atoms with Crippen LogP contribution in [-0.4, -0.2) is 24.9 Å². The Morgan fingerprint density at radius 1 is 0.320 bits per heavy atom. The van der Waals surface area contributed by atoms with Gasteiger partial charge in [0.05, 0.1) is 0 Å². The Bertz CT molecular complexity index is 684. The molecule has 0 aliphatic carbocycles. The first-order chi connectivity index (χ1) is 24.7. The summed E-state index contributed by atoms with van der Waals surface area (Å²) in [6.45, 7) is 6.22. The third-order valence-electron chi connectivity index (χ3n) is 10.1. The molecule has 0 aromatic carbocycles. The molecule has 0 atom stereocenters. The number of amides is 2. The molecule has 294 valence electrons. The fourth-order valence-corrected chi connectivity index (χ4v) is 6.66. The highest BCUT2D eigenvalue weighted by molar-refractivity contribution is 5.76. The van der Waals surface area contributed by atoms with Crippen molar-refractivity contribution in [1.29, 1.82) is 0 Å². The first-order valence-electron chi connectivity index (χ1n) is 22.5. The number of hydrogen-bond acceptors (Lipinski definition) is 2. The normalized spacial score (nSPS) is 11.6. The summed E-state index contributed by atoms with van der Waals surface area (Å²) >= 11 is 0. The number of carbonyl (C=O) groups is 2. The van der Waals surface area contributed by atoms with E-state index in [2.05, 4.69) is 48.8 Å². The van der Waals surface area contributed by atoms with Crippen LogP contribution in [0.1, 0.15) is 245 Å². The SMILES string of the molecule is CCCCCCCC/C=C\CCCCCCCC(=O)NCCCCCCCCCCNC(=O)CCCCCCC/C=C\CCCCCCCC. The van der Waals surface area contributed by atoms with Gasteiger partial charge in [0.25, 0.3) is 0 Å². The lowest BCUT2D eigenvalue weighted by molar-refractivity contribution is -0.122. The van der Waals surface area contributed by atoms with Crippen LogP contribution in [0, 0.1) is 0 Å². The van der Waals surface area contributed by atoms with E-state index in [1.807, 2.05) is 0 Å². The van der Waals surface area contributed by atoms with Crippen molar-refractivity contribution in [3.8, 4) is 0 Å². The average Bonchev–Trinajstić information content (AvgIpc) is 3.12. The Labute approximate surface area is 313 Å².